The van der Waals surface area contributed by atoms with Crippen LogP contribution in [0.25, 0.3) is 10.9 Å². The minimum Gasteiger partial charge on any atom is -0.396 e. The van der Waals surface area contributed by atoms with Gasteiger partial charge in [-0.1, -0.05) is 18.2 Å². The first-order valence-electron chi connectivity index (χ1n) is 5.99. The van der Waals surface area contributed by atoms with E-state index >= 15 is 0 Å². The number of aryl methyl sites for hydroxylation is 1. The highest BCUT2D eigenvalue weighted by Gasteiger charge is 2.21. The van der Waals surface area contributed by atoms with E-state index in [0.29, 0.717) is 5.75 Å². The molecular formula is C14H17NO2S. The Morgan fingerprint density at radius 3 is 2.89 bits per heavy atom. The Morgan fingerprint density at radius 1 is 1.44 bits per heavy atom. The molecule has 2 rings (SSSR count). The fourth-order valence-corrected chi connectivity index (χ4v) is 2.83. The number of thioether (sulfide) groups is 1. The molecule has 0 radical (unpaired) electrons. The maximum Gasteiger partial charge on any atom is 0.177 e. The van der Waals surface area contributed by atoms with Gasteiger partial charge in [0.15, 0.2) is 5.78 Å². The van der Waals surface area contributed by atoms with Gasteiger partial charge in [0.1, 0.15) is 0 Å². The Balaban J connectivity index is 2.35. The highest BCUT2D eigenvalue weighted by Crippen LogP contribution is 2.26. The lowest BCUT2D eigenvalue weighted by atomic mass is 10.1. The number of Topliss-reactive ketones (excluding diaryl/α,β-unsaturated/α-hetero) is 1. The van der Waals surface area contributed by atoms with E-state index in [1.807, 2.05) is 38.1 Å². The van der Waals surface area contributed by atoms with Crippen molar-refractivity contribution >= 4 is 28.4 Å². The van der Waals surface area contributed by atoms with Crippen molar-refractivity contribution in [3.8, 4) is 0 Å². The van der Waals surface area contributed by atoms with E-state index in [1.165, 1.54) is 11.8 Å². The summed E-state index contributed by atoms with van der Waals surface area (Å²) in [4.78, 5) is 15.7. The number of benzene rings is 1. The molecule has 0 bridgehead atoms. The lowest BCUT2D eigenvalue weighted by Crippen LogP contribution is -2.15. The molecule has 2 aromatic rings. The topological polar surface area (TPSA) is 53.1 Å². The largest absolute Gasteiger partial charge is 0.396 e. The van der Waals surface area contributed by atoms with Crippen LogP contribution in [0.3, 0.4) is 0 Å². The number of H-pyrrole nitrogens is 1. The normalized spacial score (nSPS) is 12.8. The lowest BCUT2D eigenvalue weighted by molar-refractivity contribution is 0.0995. The quantitative estimate of drug-likeness (QED) is 0.816. The maximum absolute atomic E-state index is 12.4. The Morgan fingerprint density at radius 2 is 2.17 bits per heavy atom. The summed E-state index contributed by atoms with van der Waals surface area (Å²) < 4.78 is 0. The molecule has 0 spiro atoms. The van der Waals surface area contributed by atoms with Crippen LogP contribution in [0, 0.1) is 6.92 Å². The number of hydrogen-bond acceptors (Lipinski definition) is 3. The van der Waals surface area contributed by atoms with E-state index in [-0.39, 0.29) is 17.6 Å². The van der Waals surface area contributed by atoms with Gasteiger partial charge in [0.25, 0.3) is 0 Å². The minimum absolute atomic E-state index is 0.106. The summed E-state index contributed by atoms with van der Waals surface area (Å²) in [6.45, 7) is 3.93. The average Bonchev–Trinajstić information content (AvgIpc) is 2.70. The van der Waals surface area contributed by atoms with Crippen LogP contribution >= 0.6 is 11.8 Å². The van der Waals surface area contributed by atoms with Crippen molar-refractivity contribution in [3.05, 3.63) is 35.5 Å². The van der Waals surface area contributed by atoms with Crippen LogP contribution in [-0.4, -0.2) is 33.5 Å². The second-order valence-corrected chi connectivity index (χ2v) is 5.72. The Kier molecular flexibility index (Phi) is 4.09. The smallest absolute Gasteiger partial charge is 0.177 e. The van der Waals surface area contributed by atoms with Crippen molar-refractivity contribution in [3.63, 3.8) is 0 Å². The van der Waals surface area contributed by atoms with E-state index in [9.17, 15) is 4.79 Å². The third-order valence-corrected chi connectivity index (χ3v) is 4.10. The van der Waals surface area contributed by atoms with Crippen LogP contribution in [0.4, 0.5) is 0 Å². The molecular weight excluding hydrogens is 246 g/mol. The second-order valence-electron chi connectivity index (χ2n) is 4.27. The summed E-state index contributed by atoms with van der Waals surface area (Å²) >= 11 is 1.49. The molecule has 0 unspecified atom stereocenters. The zero-order valence-corrected chi connectivity index (χ0v) is 11.4. The number of aliphatic hydroxyl groups excluding tert-OH is 1. The van der Waals surface area contributed by atoms with Crippen LogP contribution in [-0.2, 0) is 0 Å². The van der Waals surface area contributed by atoms with Crippen molar-refractivity contribution in [2.45, 2.75) is 19.1 Å². The molecule has 0 fully saturated rings. The average molecular weight is 263 g/mol. The van der Waals surface area contributed by atoms with E-state index in [1.54, 1.807) is 0 Å². The molecule has 2 N–H and O–H groups in total. The van der Waals surface area contributed by atoms with Crippen molar-refractivity contribution in [1.29, 1.82) is 0 Å². The number of rotatable bonds is 5. The number of ketones is 1. The molecule has 0 aliphatic carbocycles. The first-order chi connectivity index (χ1) is 8.65. The SMILES string of the molecule is Cc1[nH]c2ccccc2c1C(=O)[C@H](C)SCCO. The summed E-state index contributed by atoms with van der Waals surface area (Å²) in [7, 11) is 0. The summed E-state index contributed by atoms with van der Waals surface area (Å²) in [6.07, 6.45) is 0. The lowest BCUT2D eigenvalue weighted by Gasteiger charge is -2.09. The van der Waals surface area contributed by atoms with Crippen molar-refractivity contribution < 1.29 is 9.90 Å². The standard InChI is InChI=1S/C14H17NO2S/c1-9-13(14(17)10(2)18-8-7-16)11-5-3-4-6-12(11)15-9/h3-6,10,15-16H,7-8H2,1-2H3/t10-/m0/s1. The number of aromatic amines is 1. The van der Waals surface area contributed by atoms with Crippen LogP contribution in [0.5, 0.6) is 0 Å². The fraction of sp³-hybridized carbons (Fsp3) is 0.357. The van der Waals surface area contributed by atoms with Gasteiger partial charge >= 0.3 is 0 Å². The summed E-state index contributed by atoms with van der Waals surface area (Å²) in [6, 6.07) is 7.84. The number of carbonyl (C=O) groups excluding carboxylic acids is 1. The molecule has 1 aromatic carbocycles. The molecule has 0 saturated heterocycles. The number of aromatic nitrogens is 1. The summed E-state index contributed by atoms with van der Waals surface area (Å²) in [5, 5.41) is 9.67. The van der Waals surface area contributed by atoms with E-state index in [4.69, 9.17) is 5.11 Å². The third kappa shape index (κ3) is 2.44. The van der Waals surface area contributed by atoms with Gasteiger partial charge in [0, 0.05) is 27.9 Å². The van der Waals surface area contributed by atoms with E-state index in [0.717, 1.165) is 22.2 Å². The number of carbonyl (C=O) groups is 1. The minimum atomic E-state index is -0.130. The van der Waals surface area contributed by atoms with Crippen LogP contribution in [0.2, 0.25) is 0 Å². The highest BCUT2D eigenvalue weighted by molar-refractivity contribution is 8.00. The van der Waals surface area contributed by atoms with Gasteiger partial charge < -0.3 is 10.1 Å². The zero-order valence-electron chi connectivity index (χ0n) is 10.6. The van der Waals surface area contributed by atoms with Gasteiger partial charge in [0.05, 0.1) is 11.9 Å². The molecule has 1 atom stereocenters. The van der Waals surface area contributed by atoms with Crippen molar-refractivity contribution in [1.82, 2.24) is 4.98 Å². The number of para-hydroxylation sites is 1. The van der Waals surface area contributed by atoms with Crippen LogP contribution < -0.4 is 0 Å². The van der Waals surface area contributed by atoms with Gasteiger partial charge in [-0.2, -0.15) is 0 Å². The zero-order chi connectivity index (χ0) is 13.1. The summed E-state index contributed by atoms with van der Waals surface area (Å²) in [5.41, 5.74) is 2.69. The monoisotopic (exact) mass is 263 g/mol. The molecule has 1 heterocycles. The highest BCUT2D eigenvalue weighted by atomic mass is 32.2. The van der Waals surface area contributed by atoms with E-state index in [2.05, 4.69) is 4.98 Å². The van der Waals surface area contributed by atoms with E-state index < -0.39 is 0 Å². The fourth-order valence-electron chi connectivity index (χ4n) is 2.10. The Labute approximate surface area is 111 Å². The molecule has 0 aliphatic heterocycles. The van der Waals surface area contributed by atoms with Gasteiger partial charge in [-0.3, -0.25) is 4.79 Å². The molecule has 18 heavy (non-hydrogen) atoms. The Bertz CT molecular complexity index is 562. The molecule has 0 saturated carbocycles. The number of hydrogen-bond donors (Lipinski definition) is 2. The molecule has 96 valence electrons. The van der Waals surface area contributed by atoms with Gasteiger partial charge in [-0.15, -0.1) is 11.8 Å². The first kappa shape index (κ1) is 13.2. The van der Waals surface area contributed by atoms with Crippen LogP contribution in [0.15, 0.2) is 24.3 Å². The molecule has 1 aromatic heterocycles. The number of fused-ring (bicyclic) bond motifs is 1. The van der Waals surface area contributed by atoms with Crippen LogP contribution in [0.1, 0.15) is 23.0 Å². The maximum atomic E-state index is 12.4. The molecule has 3 nitrogen and oxygen atoms in total. The third-order valence-electron chi connectivity index (χ3n) is 2.97. The van der Waals surface area contributed by atoms with Gasteiger partial charge in [-0.05, 0) is 19.9 Å². The predicted molar refractivity (Wildman–Crippen MR) is 76.4 cm³/mol. The summed E-state index contributed by atoms with van der Waals surface area (Å²) in [5.74, 6) is 0.720. The molecule has 0 aliphatic rings. The Hall–Kier alpha value is -1.26. The van der Waals surface area contributed by atoms with Crippen molar-refractivity contribution in [2.75, 3.05) is 12.4 Å². The number of aliphatic hydroxyl groups is 1. The first-order valence-corrected chi connectivity index (χ1v) is 7.04. The van der Waals surface area contributed by atoms with Crippen molar-refractivity contribution in [2.24, 2.45) is 0 Å². The second kappa shape index (κ2) is 5.59. The van der Waals surface area contributed by atoms with Gasteiger partial charge in [-0.25, -0.2) is 0 Å². The molecule has 0 amide bonds. The molecule has 4 heteroatoms. The predicted octanol–water partition coefficient (Wildman–Crippen LogP) is 2.77. The van der Waals surface area contributed by atoms with Gasteiger partial charge in [0.2, 0.25) is 0 Å². The number of nitrogens with one attached hydrogen (secondary N) is 1.